The molecule has 2 saturated heterocycles. The normalized spacial score (nSPS) is 19.9. The highest BCUT2D eigenvalue weighted by atomic mass is 16.5. The van der Waals surface area contributed by atoms with E-state index in [1.807, 2.05) is 54.6 Å². The van der Waals surface area contributed by atoms with Crippen molar-refractivity contribution in [3.05, 3.63) is 89.5 Å². The average molecular weight is 498 g/mol. The first-order valence-electron chi connectivity index (χ1n) is 13.1. The number of nitrogens with zero attached hydrogens (tertiary/aromatic N) is 3. The predicted octanol–water partition coefficient (Wildman–Crippen LogP) is 4.58. The summed E-state index contributed by atoms with van der Waals surface area (Å²) in [6.45, 7) is 5.21. The maximum atomic E-state index is 13.3. The van der Waals surface area contributed by atoms with Gasteiger partial charge in [0.1, 0.15) is 11.5 Å². The Kier molecular flexibility index (Phi) is 6.64. The molecule has 0 unspecified atom stereocenters. The zero-order chi connectivity index (χ0) is 25.2. The first-order valence-corrected chi connectivity index (χ1v) is 13.1. The number of imide groups is 1. The molecule has 0 saturated carbocycles. The Morgan fingerprint density at radius 3 is 2.41 bits per heavy atom. The van der Waals surface area contributed by atoms with Gasteiger partial charge in [0.05, 0.1) is 29.5 Å². The van der Waals surface area contributed by atoms with Crippen LogP contribution in [0, 0.1) is 0 Å². The molecule has 3 heterocycles. The van der Waals surface area contributed by atoms with Crippen molar-refractivity contribution in [3.63, 3.8) is 0 Å². The second kappa shape index (κ2) is 10.4. The molecule has 1 atom stereocenters. The van der Waals surface area contributed by atoms with Crippen LogP contribution in [0.5, 0.6) is 11.5 Å². The summed E-state index contributed by atoms with van der Waals surface area (Å²) in [4.78, 5) is 32.4. The monoisotopic (exact) mass is 497 g/mol. The molecule has 0 spiro atoms. The SMILES string of the molecule is O=C1c2cccc(N3CCN(Cc4cccc(Oc5ccccc5)c4)CC3)c2C(=O)N1C[C@H]1CCCO1. The minimum absolute atomic E-state index is 0.0502. The number of amides is 2. The first kappa shape index (κ1) is 23.7. The number of benzene rings is 3. The molecule has 190 valence electrons. The molecule has 3 aromatic rings. The molecule has 0 N–H and O–H groups in total. The van der Waals surface area contributed by atoms with Crippen LogP contribution in [0.3, 0.4) is 0 Å². The third kappa shape index (κ3) is 4.97. The fraction of sp³-hybridized carbons (Fsp3) is 0.333. The molecule has 6 rings (SSSR count). The lowest BCUT2D eigenvalue weighted by molar-refractivity contribution is 0.0475. The fourth-order valence-electron chi connectivity index (χ4n) is 5.47. The third-order valence-electron chi connectivity index (χ3n) is 7.38. The van der Waals surface area contributed by atoms with E-state index in [4.69, 9.17) is 9.47 Å². The highest BCUT2D eigenvalue weighted by Crippen LogP contribution is 2.33. The van der Waals surface area contributed by atoms with Gasteiger partial charge in [0.15, 0.2) is 0 Å². The van der Waals surface area contributed by atoms with Crippen LogP contribution < -0.4 is 9.64 Å². The highest BCUT2D eigenvalue weighted by molar-refractivity contribution is 6.23. The van der Waals surface area contributed by atoms with E-state index in [2.05, 4.69) is 21.9 Å². The Morgan fingerprint density at radius 2 is 1.62 bits per heavy atom. The fourth-order valence-corrected chi connectivity index (χ4v) is 5.47. The number of fused-ring (bicyclic) bond motifs is 1. The molecule has 0 aromatic heterocycles. The molecule has 3 aromatic carbocycles. The molecule has 3 aliphatic heterocycles. The van der Waals surface area contributed by atoms with E-state index in [0.29, 0.717) is 24.3 Å². The molecule has 0 radical (unpaired) electrons. The van der Waals surface area contributed by atoms with E-state index in [1.165, 1.54) is 10.5 Å². The molecule has 2 fully saturated rings. The Labute approximate surface area is 217 Å². The molecule has 7 heteroatoms. The van der Waals surface area contributed by atoms with Crippen molar-refractivity contribution >= 4 is 17.5 Å². The van der Waals surface area contributed by atoms with Crippen LogP contribution in [-0.4, -0.2) is 67.0 Å². The Morgan fingerprint density at radius 1 is 0.838 bits per heavy atom. The van der Waals surface area contributed by atoms with Crippen molar-refractivity contribution in [1.82, 2.24) is 9.80 Å². The Bertz CT molecular complexity index is 1280. The van der Waals surface area contributed by atoms with Crippen LogP contribution in [0.4, 0.5) is 5.69 Å². The number of carbonyl (C=O) groups is 2. The minimum Gasteiger partial charge on any atom is -0.457 e. The van der Waals surface area contributed by atoms with Gasteiger partial charge in [-0.25, -0.2) is 0 Å². The Hall–Kier alpha value is -3.68. The van der Waals surface area contributed by atoms with Crippen LogP contribution in [0.25, 0.3) is 0 Å². The first-order chi connectivity index (χ1) is 18.2. The van der Waals surface area contributed by atoms with Gasteiger partial charge in [0.2, 0.25) is 0 Å². The molecule has 0 bridgehead atoms. The van der Waals surface area contributed by atoms with Crippen LogP contribution >= 0.6 is 0 Å². The lowest BCUT2D eigenvalue weighted by Gasteiger charge is -2.36. The van der Waals surface area contributed by atoms with Gasteiger partial charge in [-0.2, -0.15) is 0 Å². The van der Waals surface area contributed by atoms with Crippen LogP contribution in [-0.2, 0) is 11.3 Å². The summed E-state index contributed by atoms with van der Waals surface area (Å²) in [5.41, 5.74) is 3.12. The summed E-state index contributed by atoms with van der Waals surface area (Å²) >= 11 is 0. The van der Waals surface area contributed by atoms with Gasteiger partial charge in [-0.05, 0) is 54.8 Å². The van der Waals surface area contributed by atoms with Gasteiger partial charge in [-0.3, -0.25) is 19.4 Å². The molecule has 3 aliphatic rings. The van der Waals surface area contributed by atoms with E-state index in [0.717, 1.165) is 62.8 Å². The number of ether oxygens (including phenoxy) is 2. The van der Waals surface area contributed by atoms with Crippen molar-refractivity contribution in [1.29, 1.82) is 0 Å². The summed E-state index contributed by atoms with van der Waals surface area (Å²) in [5, 5.41) is 0. The number of rotatable bonds is 7. The highest BCUT2D eigenvalue weighted by Gasteiger charge is 2.40. The van der Waals surface area contributed by atoms with E-state index in [1.54, 1.807) is 6.07 Å². The van der Waals surface area contributed by atoms with E-state index < -0.39 is 0 Å². The largest absolute Gasteiger partial charge is 0.457 e. The quantitative estimate of drug-likeness (QED) is 0.446. The van der Waals surface area contributed by atoms with Crippen LogP contribution in [0.2, 0.25) is 0 Å². The van der Waals surface area contributed by atoms with E-state index >= 15 is 0 Å². The van der Waals surface area contributed by atoms with Crippen molar-refractivity contribution in [3.8, 4) is 11.5 Å². The van der Waals surface area contributed by atoms with Crippen LogP contribution in [0.1, 0.15) is 39.1 Å². The third-order valence-corrected chi connectivity index (χ3v) is 7.38. The number of hydrogen-bond acceptors (Lipinski definition) is 6. The summed E-state index contributed by atoms with van der Waals surface area (Å²) in [7, 11) is 0. The summed E-state index contributed by atoms with van der Waals surface area (Å²) < 4.78 is 11.7. The topological polar surface area (TPSA) is 62.3 Å². The summed E-state index contributed by atoms with van der Waals surface area (Å²) in [6.07, 6.45) is 1.82. The zero-order valence-corrected chi connectivity index (χ0v) is 20.8. The second-order valence-corrected chi connectivity index (χ2v) is 9.88. The number of carbonyl (C=O) groups excluding carboxylic acids is 2. The molecular formula is C30H31N3O4. The number of piperazine rings is 1. The van der Waals surface area contributed by atoms with E-state index in [-0.39, 0.29) is 17.9 Å². The van der Waals surface area contributed by atoms with E-state index in [9.17, 15) is 9.59 Å². The van der Waals surface area contributed by atoms with Gasteiger partial charge in [0, 0.05) is 39.3 Å². The minimum atomic E-state index is -0.200. The number of anilines is 1. The molecule has 37 heavy (non-hydrogen) atoms. The average Bonchev–Trinajstić information content (AvgIpc) is 3.53. The lowest BCUT2D eigenvalue weighted by atomic mass is 10.1. The van der Waals surface area contributed by atoms with Crippen molar-refractivity contribution < 1.29 is 19.1 Å². The summed E-state index contributed by atoms with van der Waals surface area (Å²) in [5.74, 6) is 1.27. The van der Waals surface area contributed by atoms with Crippen molar-refractivity contribution in [2.45, 2.75) is 25.5 Å². The van der Waals surface area contributed by atoms with Crippen LogP contribution in [0.15, 0.2) is 72.8 Å². The lowest BCUT2D eigenvalue weighted by Crippen LogP contribution is -2.46. The molecule has 2 amide bonds. The molecule has 7 nitrogen and oxygen atoms in total. The standard InChI is InChI=1S/C30H31N3O4/c34-29-26-12-5-13-27(28(26)30(35)33(29)21-25-11-6-18-36-25)32-16-14-31(15-17-32)20-22-7-4-10-24(19-22)37-23-8-2-1-3-9-23/h1-5,7-10,12-13,19,25H,6,11,14-18,20-21H2/t25-/m1/s1. The van der Waals surface area contributed by atoms with Crippen molar-refractivity contribution in [2.75, 3.05) is 44.2 Å². The number of para-hydroxylation sites is 1. The van der Waals surface area contributed by atoms with Gasteiger partial charge in [-0.15, -0.1) is 0 Å². The van der Waals surface area contributed by atoms with Gasteiger partial charge >= 0.3 is 0 Å². The summed E-state index contributed by atoms with van der Waals surface area (Å²) in [6, 6.07) is 23.7. The zero-order valence-electron chi connectivity index (χ0n) is 20.8. The number of hydrogen-bond donors (Lipinski definition) is 0. The molecular weight excluding hydrogens is 466 g/mol. The maximum Gasteiger partial charge on any atom is 0.263 e. The predicted molar refractivity (Wildman–Crippen MR) is 141 cm³/mol. The smallest absolute Gasteiger partial charge is 0.263 e. The van der Waals surface area contributed by atoms with Crippen molar-refractivity contribution in [2.24, 2.45) is 0 Å². The van der Waals surface area contributed by atoms with Gasteiger partial charge in [-0.1, -0.05) is 36.4 Å². The van der Waals surface area contributed by atoms with Gasteiger partial charge < -0.3 is 14.4 Å². The second-order valence-electron chi connectivity index (χ2n) is 9.88. The van der Waals surface area contributed by atoms with Gasteiger partial charge in [0.25, 0.3) is 11.8 Å². The molecule has 0 aliphatic carbocycles. The Balaban J connectivity index is 1.10. The maximum absolute atomic E-state index is 13.3.